The Balaban J connectivity index is 1.79. The van der Waals surface area contributed by atoms with Crippen molar-refractivity contribution in [1.29, 1.82) is 0 Å². The van der Waals surface area contributed by atoms with Crippen LogP contribution in [0.4, 0.5) is 4.39 Å². The molecule has 0 aromatic heterocycles. The van der Waals surface area contributed by atoms with E-state index in [2.05, 4.69) is 5.32 Å². The second-order valence-electron chi connectivity index (χ2n) is 6.73. The van der Waals surface area contributed by atoms with Gasteiger partial charge in [0.2, 0.25) is 5.91 Å². The first-order valence-corrected chi connectivity index (χ1v) is 8.98. The van der Waals surface area contributed by atoms with Crippen molar-refractivity contribution >= 4 is 5.91 Å². The van der Waals surface area contributed by atoms with E-state index in [0.717, 1.165) is 23.4 Å². The van der Waals surface area contributed by atoms with Crippen molar-refractivity contribution in [3.05, 3.63) is 65.5 Å². The minimum atomic E-state index is -0.267. The predicted octanol–water partition coefficient (Wildman–Crippen LogP) is 3.19. The molecule has 1 saturated heterocycles. The summed E-state index contributed by atoms with van der Waals surface area (Å²) in [7, 11) is 1.65. The van der Waals surface area contributed by atoms with Crippen molar-refractivity contribution < 1.29 is 13.9 Å². The van der Waals surface area contributed by atoms with Crippen LogP contribution in [-0.2, 0) is 11.2 Å². The van der Waals surface area contributed by atoms with E-state index < -0.39 is 0 Å². The fourth-order valence-corrected chi connectivity index (χ4v) is 3.58. The Bertz CT molecular complexity index is 765. The Morgan fingerprint density at radius 1 is 1.31 bits per heavy atom. The molecule has 2 atom stereocenters. The van der Waals surface area contributed by atoms with Crippen molar-refractivity contribution in [2.75, 3.05) is 26.7 Å². The second kappa shape index (κ2) is 8.32. The number of nitrogens with one attached hydrogen (secondary N) is 1. The molecule has 1 aliphatic rings. The first-order chi connectivity index (χ1) is 12.6. The lowest BCUT2D eigenvalue weighted by molar-refractivity contribution is -0.138. The third-order valence-corrected chi connectivity index (χ3v) is 4.88. The van der Waals surface area contributed by atoms with Gasteiger partial charge >= 0.3 is 0 Å². The number of benzene rings is 2. The van der Waals surface area contributed by atoms with E-state index in [4.69, 9.17) is 4.74 Å². The Hall–Kier alpha value is -2.40. The normalized spacial score (nSPS) is 18.4. The molecule has 2 aromatic carbocycles. The van der Waals surface area contributed by atoms with Crippen LogP contribution in [0.15, 0.2) is 48.5 Å². The summed E-state index contributed by atoms with van der Waals surface area (Å²) in [5, 5.41) is 3.37. The van der Waals surface area contributed by atoms with Gasteiger partial charge in [-0.1, -0.05) is 37.3 Å². The van der Waals surface area contributed by atoms with Gasteiger partial charge in [0.15, 0.2) is 0 Å². The van der Waals surface area contributed by atoms with Crippen LogP contribution in [0.25, 0.3) is 0 Å². The molecule has 2 aromatic rings. The number of ether oxygens (including phenoxy) is 1. The molecule has 0 spiro atoms. The number of hydrogen-bond acceptors (Lipinski definition) is 3. The van der Waals surface area contributed by atoms with Gasteiger partial charge in [-0.05, 0) is 30.2 Å². The van der Waals surface area contributed by atoms with E-state index in [9.17, 15) is 9.18 Å². The van der Waals surface area contributed by atoms with Gasteiger partial charge in [0.05, 0.1) is 13.2 Å². The van der Waals surface area contributed by atoms with Crippen molar-refractivity contribution in [1.82, 2.24) is 10.2 Å². The van der Waals surface area contributed by atoms with E-state index in [-0.39, 0.29) is 23.7 Å². The molecule has 1 amide bonds. The maximum Gasteiger partial charge on any atom is 0.226 e. The van der Waals surface area contributed by atoms with Gasteiger partial charge < -0.3 is 15.0 Å². The molecular weight excluding hydrogens is 331 g/mol. The number of halogens is 1. The number of para-hydroxylation sites is 1. The van der Waals surface area contributed by atoms with E-state index >= 15 is 0 Å². The summed E-state index contributed by atoms with van der Waals surface area (Å²) in [5.41, 5.74) is 1.85. The highest BCUT2D eigenvalue weighted by Crippen LogP contribution is 2.31. The van der Waals surface area contributed by atoms with Gasteiger partial charge in [-0.3, -0.25) is 4.79 Å². The SMILES string of the molecule is COc1ccccc1C1CNCCN1C(=O)C(C)Cc1cccc(F)c1. The maximum absolute atomic E-state index is 13.4. The van der Waals surface area contributed by atoms with Gasteiger partial charge in [-0.2, -0.15) is 0 Å². The van der Waals surface area contributed by atoms with Gasteiger partial charge in [0.25, 0.3) is 0 Å². The zero-order valence-corrected chi connectivity index (χ0v) is 15.2. The first kappa shape index (κ1) is 18.4. The molecular formula is C21H25FN2O2. The van der Waals surface area contributed by atoms with Gasteiger partial charge in [0.1, 0.15) is 11.6 Å². The molecule has 0 bridgehead atoms. The molecule has 26 heavy (non-hydrogen) atoms. The lowest BCUT2D eigenvalue weighted by atomic mass is 9.96. The van der Waals surface area contributed by atoms with E-state index in [0.29, 0.717) is 19.5 Å². The monoisotopic (exact) mass is 356 g/mol. The van der Waals surface area contributed by atoms with Gasteiger partial charge in [-0.15, -0.1) is 0 Å². The zero-order valence-electron chi connectivity index (χ0n) is 15.2. The smallest absolute Gasteiger partial charge is 0.226 e. The summed E-state index contributed by atoms with van der Waals surface area (Å²) in [6, 6.07) is 14.2. The number of methoxy groups -OCH3 is 1. The fourth-order valence-electron chi connectivity index (χ4n) is 3.58. The summed E-state index contributed by atoms with van der Waals surface area (Å²) >= 11 is 0. The van der Waals surface area contributed by atoms with Crippen molar-refractivity contribution in [3.8, 4) is 5.75 Å². The molecule has 3 rings (SSSR count). The lowest BCUT2D eigenvalue weighted by Gasteiger charge is -2.38. The molecule has 1 aliphatic heterocycles. The number of carbonyl (C=O) groups excluding carboxylic acids is 1. The van der Waals surface area contributed by atoms with E-state index in [1.54, 1.807) is 13.2 Å². The molecule has 0 radical (unpaired) electrons. The van der Waals surface area contributed by atoms with Crippen LogP contribution in [0.3, 0.4) is 0 Å². The van der Waals surface area contributed by atoms with Gasteiger partial charge in [0, 0.05) is 31.1 Å². The third kappa shape index (κ3) is 4.05. The minimum absolute atomic E-state index is 0.0673. The van der Waals surface area contributed by atoms with Crippen LogP contribution in [0.2, 0.25) is 0 Å². The molecule has 4 nitrogen and oxygen atoms in total. The average Bonchev–Trinajstić information content (AvgIpc) is 2.67. The quantitative estimate of drug-likeness (QED) is 0.895. The van der Waals surface area contributed by atoms with Crippen molar-refractivity contribution in [2.24, 2.45) is 5.92 Å². The predicted molar refractivity (Wildman–Crippen MR) is 99.6 cm³/mol. The van der Waals surface area contributed by atoms with Crippen LogP contribution in [0.5, 0.6) is 5.75 Å². The molecule has 138 valence electrons. The third-order valence-electron chi connectivity index (χ3n) is 4.88. The second-order valence-corrected chi connectivity index (χ2v) is 6.73. The highest BCUT2D eigenvalue weighted by molar-refractivity contribution is 5.79. The topological polar surface area (TPSA) is 41.6 Å². The fraction of sp³-hybridized carbons (Fsp3) is 0.381. The summed E-state index contributed by atoms with van der Waals surface area (Å²) in [4.78, 5) is 15.1. The number of rotatable bonds is 5. The molecule has 1 N–H and O–H groups in total. The molecule has 5 heteroatoms. The first-order valence-electron chi connectivity index (χ1n) is 8.98. The van der Waals surface area contributed by atoms with Crippen molar-refractivity contribution in [3.63, 3.8) is 0 Å². The number of piperazine rings is 1. The summed E-state index contributed by atoms with van der Waals surface area (Å²) in [6.07, 6.45) is 0.527. The highest BCUT2D eigenvalue weighted by Gasteiger charge is 2.32. The van der Waals surface area contributed by atoms with Crippen LogP contribution in [0.1, 0.15) is 24.1 Å². The lowest BCUT2D eigenvalue weighted by Crippen LogP contribution is -2.50. The summed E-state index contributed by atoms with van der Waals surface area (Å²) in [5.74, 6) is 0.395. The molecule has 1 fully saturated rings. The molecule has 2 unspecified atom stereocenters. The van der Waals surface area contributed by atoms with Crippen LogP contribution in [-0.4, -0.2) is 37.6 Å². The highest BCUT2D eigenvalue weighted by atomic mass is 19.1. The van der Waals surface area contributed by atoms with E-state index in [1.807, 2.05) is 42.2 Å². The zero-order chi connectivity index (χ0) is 18.5. The number of nitrogens with zero attached hydrogens (tertiary/aromatic N) is 1. The van der Waals surface area contributed by atoms with Crippen LogP contribution in [0, 0.1) is 11.7 Å². The Morgan fingerprint density at radius 2 is 2.12 bits per heavy atom. The largest absolute Gasteiger partial charge is 0.496 e. The van der Waals surface area contributed by atoms with Gasteiger partial charge in [-0.25, -0.2) is 4.39 Å². The molecule has 0 aliphatic carbocycles. The molecule has 1 heterocycles. The summed E-state index contributed by atoms with van der Waals surface area (Å²) < 4.78 is 18.9. The number of amides is 1. The van der Waals surface area contributed by atoms with Crippen LogP contribution < -0.4 is 10.1 Å². The minimum Gasteiger partial charge on any atom is -0.496 e. The molecule has 0 saturated carbocycles. The Labute approximate surface area is 154 Å². The average molecular weight is 356 g/mol. The Morgan fingerprint density at radius 3 is 2.88 bits per heavy atom. The van der Waals surface area contributed by atoms with Crippen LogP contribution >= 0.6 is 0 Å². The number of hydrogen-bond donors (Lipinski definition) is 1. The summed E-state index contributed by atoms with van der Waals surface area (Å²) in [6.45, 7) is 4.02. The number of carbonyl (C=O) groups is 1. The Kier molecular flexibility index (Phi) is 5.89. The maximum atomic E-state index is 13.4. The van der Waals surface area contributed by atoms with E-state index in [1.165, 1.54) is 12.1 Å². The standard InChI is InChI=1S/C21H25FN2O2/c1-15(12-16-6-5-7-17(22)13-16)21(25)24-11-10-23-14-19(24)18-8-3-4-9-20(18)26-2/h3-9,13,15,19,23H,10-12,14H2,1-2H3. The van der Waals surface area contributed by atoms with Crippen molar-refractivity contribution in [2.45, 2.75) is 19.4 Å².